The fourth-order valence-electron chi connectivity index (χ4n) is 1.54. The molecule has 0 amide bonds. The molecule has 0 spiro atoms. The van der Waals surface area contributed by atoms with E-state index >= 15 is 0 Å². The molecule has 2 heterocycles. The van der Waals surface area contributed by atoms with E-state index in [-0.39, 0.29) is 12.4 Å². The average molecular weight is 189 g/mol. The van der Waals surface area contributed by atoms with Gasteiger partial charge in [0.05, 0.1) is 6.20 Å². The maximum absolute atomic E-state index is 5.10. The third-order valence-corrected chi connectivity index (χ3v) is 2.20. The van der Waals surface area contributed by atoms with Gasteiger partial charge in [-0.25, -0.2) is 0 Å². The van der Waals surface area contributed by atoms with E-state index in [1.54, 1.807) is 6.20 Å². The second-order valence-electron chi connectivity index (χ2n) is 2.94. The van der Waals surface area contributed by atoms with Crippen molar-refractivity contribution in [2.75, 3.05) is 13.1 Å². The molecule has 0 bridgehead atoms. The predicted octanol–water partition coefficient (Wildman–Crippen LogP) is 1.56. The molecule has 4 heteroatoms. The summed E-state index contributed by atoms with van der Waals surface area (Å²) in [5.41, 5.74) is 0. The minimum Gasteiger partial charge on any atom is -0.361 e. The summed E-state index contributed by atoms with van der Waals surface area (Å²) < 4.78 is 5.10. The van der Waals surface area contributed by atoms with E-state index in [4.69, 9.17) is 4.52 Å². The first-order valence-electron chi connectivity index (χ1n) is 4.08. The molecule has 0 aromatic carbocycles. The van der Waals surface area contributed by atoms with Crippen molar-refractivity contribution in [3.05, 3.63) is 18.0 Å². The Balaban J connectivity index is 0.000000720. The second kappa shape index (κ2) is 4.48. The van der Waals surface area contributed by atoms with Gasteiger partial charge in [-0.3, -0.25) is 0 Å². The van der Waals surface area contributed by atoms with Crippen LogP contribution in [0.25, 0.3) is 0 Å². The smallest absolute Gasteiger partial charge is 0.139 e. The highest BCUT2D eigenvalue weighted by Crippen LogP contribution is 2.23. The molecular formula is C8H13ClN2O. The lowest BCUT2D eigenvalue weighted by Gasteiger charge is -2.19. The summed E-state index contributed by atoms with van der Waals surface area (Å²) in [4.78, 5) is 0. The molecule has 1 aromatic rings. The molecule has 68 valence electrons. The van der Waals surface area contributed by atoms with E-state index in [0.717, 1.165) is 18.8 Å². The van der Waals surface area contributed by atoms with Gasteiger partial charge >= 0.3 is 0 Å². The number of hydrogen-bond donors (Lipinski definition) is 1. The van der Waals surface area contributed by atoms with Crippen molar-refractivity contribution in [3.8, 4) is 0 Å². The minimum absolute atomic E-state index is 0. The summed E-state index contributed by atoms with van der Waals surface area (Å²) in [5, 5.41) is 7.02. The Hall–Kier alpha value is -0.540. The average Bonchev–Trinajstić information content (AvgIpc) is 2.58. The highest BCUT2D eigenvalue weighted by Gasteiger charge is 2.17. The minimum atomic E-state index is 0. The Kier molecular flexibility index (Phi) is 3.56. The van der Waals surface area contributed by atoms with Crippen molar-refractivity contribution in [2.45, 2.75) is 18.8 Å². The number of halogens is 1. The highest BCUT2D eigenvalue weighted by molar-refractivity contribution is 5.85. The van der Waals surface area contributed by atoms with Gasteiger partial charge in [-0.1, -0.05) is 5.16 Å². The SMILES string of the molecule is Cl.c1cc(C2CCNCC2)on1. The lowest BCUT2D eigenvalue weighted by molar-refractivity contribution is 0.327. The summed E-state index contributed by atoms with van der Waals surface area (Å²) in [6.07, 6.45) is 4.07. The number of aromatic nitrogens is 1. The van der Waals surface area contributed by atoms with Crippen LogP contribution in [0.15, 0.2) is 16.8 Å². The standard InChI is InChI=1S/C8H12N2O.ClH/c1-4-9-5-2-7(1)8-3-6-10-11-8;/h3,6-7,9H,1-2,4-5H2;1H. The molecule has 0 unspecified atom stereocenters. The quantitative estimate of drug-likeness (QED) is 0.727. The normalized spacial score (nSPS) is 18.7. The van der Waals surface area contributed by atoms with Gasteiger partial charge in [-0.05, 0) is 25.9 Å². The van der Waals surface area contributed by atoms with Crippen LogP contribution in [0.1, 0.15) is 24.5 Å². The largest absolute Gasteiger partial charge is 0.361 e. The number of piperidine rings is 1. The van der Waals surface area contributed by atoms with E-state index in [1.807, 2.05) is 6.07 Å². The van der Waals surface area contributed by atoms with Gasteiger partial charge in [-0.2, -0.15) is 0 Å². The molecule has 1 aliphatic rings. The fraction of sp³-hybridized carbons (Fsp3) is 0.625. The summed E-state index contributed by atoms with van der Waals surface area (Å²) in [5.74, 6) is 1.64. The van der Waals surface area contributed by atoms with Crippen LogP contribution in [0.3, 0.4) is 0 Å². The van der Waals surface area contributed by atoms with Crippen molar-refractivity contribution < 1.29 is 4.52 Å². The highest BCUT2D eigenvalue weighted by atomic mass is 35.5. The van der Waals surface area contributed by atoms with Gasteiger partial charge in [0.2, 0.25) is 0 Å². The molecule has 1 saturated heterocycles. The molecule has 0 aliphatic carbocycles. The molecular weight excluding hydrogens is 176 g/mol. The van der Waals surface area contributed by atoms with Gasteiger partial charge in [0, 0.05) is 12.0 Å². The second-order valence-corrected chi connectivity index (χ2v) is 2.94. The maximum Gasteiger partial charge on any atom is 0.139 e. The zero-order valence-corrected chi connectivity index (χ0v) is 7.64. The predicted molar refractivity (Wildman–Crippen MR) is 48.6 cm³/mol. The van der Waals surface area contributed by atoms with Crippen molar-refractivity contribution in [2.24, 2.45) is 0 Å². The molecule has 0 atom stereocenters. The zero-order chi connectivity index (χ0) is 7.52. The monoisotopic (exact) mass is 188 g/mol. The first-order valence-corrected chi connectivity index (χ1v) is 4.08. The molecule has 12 heavy (non-hydrogen) atoms. The third-order valence-electron chi connectivity index (χ3n) is 2.20. The molecule has 2 rings (SSSR count). The molecule has 1 aromatic heterocycles. The van der Waals surface area contributed by atoms with E-state index in [9.17, 15) is 0 Å². The topological polar surface area (TPSA) is 38.1 Å². The Morgan fingerprint density at radius 1 is 1.42 bits per heavy atom. The van der Waals surface area contributed by atoms with Crippen molar-refractivity contribution in [3.63, 3.8) is 0 Å². The zero-order valence-electron chi connectivity index (χ0n) is 6.82. The molecule has 3 nitrogen and oxygen atoms in total. The summed E-state index contributed by atoms with van der Waals surface area (Å²) in [7, 11) is 0. The number of nitrogens with zero attached hydrogens (tertiary/aromatic N) is 1. The van der Waals surface area contributed by atoms with Gasteiger partial charge < -0.3 is 9.84 Å². The van der Waals surface area contributed by atoms with E-state index in [0.29, 0.717) is 5.92 Å². The van der Waals surface area contributed by atoms with Crippen molar-refractivity contribution in [1.29, 1.82) is 0 Å². The van der Waals surface area contributed by atoms with E-state index in [2.05, 4.69) is 10.5 Å². The van der Waals surface area contributed by atoms with Crippen molar-refractivity contribution in [1.82, 2.24) is 10.5 Å². The lowest BCUT2D eigenvalue weighted by Crippen LogP contribution is -2.26. The summed E-state index contributed by atoms with van der Waals surface area (Å²) in [6.45, 7) is 2.21. The lowest BCUT2D eigenvalue weighted by atomic mass is 9.96. The van der Waals surface area contributed by atoms with Crippen LogP contribution in [0.2, 0.25) is 0 Å². The van der Waals surface area contributed by atoms with E-state index < -0.39 is 0 Å². The van der Waals surface area contributed by atoms with Crippen LogP contribution in [-0.2, 0) is 0 Å². The first kappa shape index (κ1) is 9.55. The van der Waals surface area contributed by atoms with Crippen LogP contribution >= 0.6 is 12.4 Å². The fourth-order valence-corrected chi connectivity index (χ4v) is 1.54. The van der Waals surface area contributed by atoms with Crippen LogP contribution in [0, 0.1) is 0 Å². The van der Waals surface area contributed by atoms with Crippen LogP contribution in [0.4, 0.5) is 0 Å². The number of nitrogens with one attached hydrogen (secondary N) is 1. The Bertz CT molecular complexity index is 207. The summed E-state index contributed by atoms with van der Waals surface area (Å²) in [6, 6.07) is 1.97. The molecule has 1 N–H and O–H groups in total. The number of rotatable bonds is 1. The first-order chi connectivity index (χ1) is 5.47. The number of hydrogen-bond acceptors (Lipinski definition) is 3. The van der Waals surface area contributed by atoms with Crippen LogP contribution < -0.4 is 5.32 Å². The molecule has 0 saturated carbocycles. The maximum atomic E-state index is 5.10. The third kappa shape index (κ3) is 1.99. The van der Waals surface area contributed by atoms with Gasteiger partial charge in [0.25, 0.3) is 0 Å². The molecule has 0 radical (unpaired) electrons. The molecule has 1 aliphatic heterocycles. The Morgan fingerprint density at radius 3 is 2.75 bits per heavy atom. The van der Waals surface area contributed by atoms with E-state index in [1.165, 1.54) is 12.8 Å². The van der Waals surface area contributed by atoms with Crippen LogP contribution in [0.5, 0.6) is 0 Å². The van der Waals surface area contributed by atoms with Crippen LogP contribution in [-0.4, -0.2) is 18.2 Å². The van der Waals surface area contributed by atoms with Gasteiger partial charge in [-0.15, -0.1) is 12.4 Å². The van der Waals surface area contributed by atoms with Gasteiger partial charge in [0.15, 0.2) is 0 Å². The summed E-state index contributed by atoms with van der Waals surface area (Å²) >= 11 is 0. The Morgan fingerprint density at radius 2 is 2.17 bits per heavy atom. The van der Waals surface area contributed by atoms with Crippen molar-refractivity contribution >= 4 is 12.4 Å². The Labute approximate surface area is 77.9 Å². The molecule has 1 fully saturated rings. The van der Waals surface area contributed by atoms with Gasteiger partial charge in [0.1, 0.15) is 5.76 Å².